The molecular weight excluding hydrogens is 265 g/mol. The monoisotopic (exact) mass is 278 g/mol. The van der Waals surface area contributed by atoms with E-state index in [9.17, 15) is 13.2 Å². The van der Waals surface area contributed by atoms with Crippen molar-refractivity contribution in [3.05, 3.63) is 0 Å². The molecule has 0 fully saturated rings. The summed E-state index contributed by atoms with van der Waals surface area (Å²) >= 11 is 3.98. The topological polar surface area (TPSA) is 0 Å². The molecule has 0 nitrogen and oxygen atoms in total. The Hall–Kier alpha value is 0.620. The van der Waals surface area contributed by atoms with Gasteiger partial charge in [-0.05, 0) is 12.2 Å². The van der Waals surface area contributed by atoms with Crippen molar-refractivity contribution in [2.24, 2.45) is 0 Å². The van der Waals surface area contributed by atoms with Crippen molar-refractivity contribution in [2.75, 3.05) is 11.5 Å². The van der Waals surface area contributed by atoms with Crippen LogP contribution in [0.15, 0.2) is 0 Å². The van der Waals surface area contributed by atoms with Gasteiger partial charge in [-0.3, -0.25) is 0 Å². The first-order chi connectivity index (χ1) is 5.98. The molecule has 0 aliphatic rings. The molecule has 0 saturated heterocycles. The lowest BCUT2D eigenvalue weighted by molar-refractivity contribution is -0.122. The molecule has 0 aliphatic carbocycles. The highest BCUT2D eigenvalue weighted by Gasteiger charge is 2.37. The summed E-state index contributed by atoms with van der Waals surface area (Å²) < 4.78 is 35.9. The maximum Gasteiger partial charge on any atom is 0.402 e. The van der Waals surface area contributed by atoms with Gasteiger partial charge in [-0.1, -0.05) is 35.7 Å². The Balaban J connectivity index is 3.32. The van der Waals surface area contributed by atoms with E-state index < -0.39 is 11.0 Å². The van der Waals surface area contributed by atoms with Crippen molar-refractivity contribution in [1.29, 1.82) is 0 Å². The van der Waals surface area contributed by atoms with Gasteiger partial charge >= 0.3 is 6.18 Å². The van der Waals surface area contributed by atoms with Crippen molar-refractivity contribution in [3.63, 3.8) is 0 Å². The minimum atomic E-state index is -4.10. The second kappa shape index (κ2) is 6.98. The van der Waals surface area contributed by atoms with Crippen molar-refractivity contribution in [2.45, 2.75) is 37.2 Å². The summed E-state index contributed by atoms with van der Waals surface area (Å²) in [6.07, 6.45) is -0.875. The average Bonchev–Trinajstić information content (AvgIpc) is 2.02. The molecule has 0 saturated carbocycles. The van der Waals surface area contributed by atoms with E-state index in [2.05, 4.69) is 22.9 Å². The second-order valence-electron chi connectivity index (χ2n) is 2.79. The fourth-order valence-electron chi connectivity index (χ4n) is 0.735. The average molecular weight is 279 g/mol. The summed E-state index contributed by atoms with van der Waals surface area (Å²) in [6.45, 7) is 2.08. The summed E-state index contributed by atoms with van der Waals surface area (Å²) in [7, 11) is 0. The first-order valence-corrected chi connectivity index (χ1v) is 6.34. The third-order valence-corrected chi connectivity index (χ3v) is 3.93. The smallest absolute Gasteiger partial charge is 0.170 e. The Morgan fingerprint density at radius 3 is 2.38 bits per heavy atom. The van der Waals surface area contributed by atoms with E-state index in [1.165, 1.54) is 11.8 Å². The maximum atomic E-state index is 12.0. The zero-order chi connectivity index (χ0) is 10.3. The predicted octanol–water partition coefficient (Wildman–Crippen LogP) is 4.24. The molecule has 0 aromatic rings. The SMILES string of the molecule is CCCCCSCC(Br)C(F)(F)F. The number of halogens is 4. The van der Waals surface area contributed by atoms with Gasteiger partial charge in [0.1, 0.15) is 4.83 Å². The van der Waals surface area contributed by atoms with E-state index >= 15 is 0 Å². The standard InChI is InChI=1S/C8H14BrF3S/c1-2-3-4-5-13-6-7(9)8(10,11)12/h7H,2-6H2,1H3. The van der Waals surface area contributed by atoms with Gasteiger partial charge in [0, 0.05) is 5.75 Å². The number of alkyl halides is 4. The van der Waals surface area contributed by atoms with E-state index in [1.54, 1.807) is 0 Å². The lowest BCUT2D eigenvalue weighted by Gasteiger charge is -2.12. The molecule has 0 spiro atoms. The summed E-state index contributed by atoms with van der Waals surface area (Å²) in [5, 5.41) is 0. The Kier molecular flexibility index (Phi) is 7.32. The van der Waals surface area contributed by atoms with Crippen LogP contribution < -0.4 is 0 Å². The molecule has 0 amide bonds. The number of rotatable bonds is 6. The number of thioether (sulfide) groups is 1. The zero-order valence-electron chi connectivity index (χ0n) is 7.53. The molecule has 0 radical (unpaired) electrons. The molecular formula is C8H14BrF3S. The van der Waals surface area contributed by atoms with Crippen LogP contribution in [0.5, 0.6) is 0 Å². The fourth-order valence-corrected chi connectivity index (χ4v) is 2.27. The summed E-state index contributed by atoms with van der Waals surface area (Å²) in [5.41, 5.74) is 0. The quantitative estimate of drug-likeness (QED) is 0.517. The van der Waals surface area contributed by atoms with Gasteiger partial charge < -0.3 is 0 Å². The molecule has 0 heterocycles. The summed E-state index contributed by atoms with van der Waals surface area (Å²) in [6, 6.07) is 0. The van der Waals surface area contributed by atoms with Gasteiger partial charge in [-0.25, -0.2) is 0 Å². The molecule has 80 valence electrons. The molecule has 0 bridgehead atoms. The predicted molar refractivity (Wildman–Crippen MR) is 55.6 cm³/mol. The van der Waals surface area contributed by atoms with E-state index in [1.807, 2.05) is 0 Å². The normalized spacial score (nSPS) is 14.5. The number of hydrogen-bond donors (Lipinski definition) is 0. The van der Waals surface area contributed by atoms with Crippen molar-refractivity contribution < 1.29 is 13.2 Å². The van der Waals surface area contributed by atoms with Gasteiger partial charge in [0.2, 0.25) is 0 Å². The van der Waals surface area contributed by atoms with Crippen LogP contribution in [0, 0.1) is 0 Å². The van der Waals surface area contributed by atoms with Crippen molar-refractivity contribution >= 4 is 27.7 Å². The van der Waals surface area contributed by atoms with Crippen LogP contribution in [0.1, 0.15) is 26.2 Å². The third kappa shape index (κ3) is 7.67. The Morgan fingerprint density at radius 1 is 1.31 bits per heavy atom. The van der Waals surface area contributed by atoms with E-state index in [0.717, 1.165) is 25.0 Å². The molecule has 1 unspecified atom stereocenters. The van der Waals surface area contributed by atoms with Gasteiger partial charge in [0.25, 0.3) is 0 Å². The minimum Gasteiger partial charge on any atom is -0.170 e. The third-order valence-electron chi connectivity index (χ3n) is 1.51. The first kappa shape index (κ1) is 13.6. The largest absolute Gasteiger partial charge is 0.402 e. The van der Waals surface area contributed by atoms with Crippen LogP contribution in [-0.4, -0.2) is 22.5 Å². The van der Waals surface area contributed by atoms with Crippen LogP contribution in [-0.2, 0) is 0 Å². The molecule has 0 aromatic carbocycles. The summed E-state index contributed by atoms with van der Waals surface area (Å²) in [4.78, 5) is -1.35. The lowest BCUT2D eigenvalue weighted by atomic mass is 10.3. The highest BCUT2D eigenvalue weighted by atomic mass is 79.9. The highest BCUT2D eigenvalue weighted by Crippen LogP contribution is 2.29. The molecule has 0 N–H and O–H groups in total. The highest BCUT2D eigenvalue weighted by molar-refractivity contribution is 9.09. The lowest BCUT2D eigenvalue weighted by Crippen LogP contribution is -2.25. The Labute approximate surface area is 89.8 Å². The number of hydrogen-bond acceptors (Lipinski definition) is 1. The Morgan fingerprint density at radius 2 is 1.92 bits per heavy atom. The van der Waals surface area contributed by atoms with Crippen LogP contribution >= 0.6 is 27.7 Å². The zero-order valence-corrected chi connectivity index (χ0v) is 9.94. The molecule has 13 heavy (non-hydrogen) atoms. The van der Waals surface area contributed by atoms with Crippen LogP contribution in [0.4, 0.5) is 13.2 Å². The van der Waals surface area contributed by atoms with Crippen molar-refractivity contribution in [3.8, 4) is 0 Å². The minimum absolute atomic E-state index is 0.118. The maximum absolute atomic E-state index is 12.0. The molecule has 0 aromatic heterocycles. The van der Waals surface area contributed by atoms with Crippen LogP contribution in [0.2, 0.25) is 0 Å². The second-order valence-corrected chi connectivity index (χ2v) is 5.05. The number of unbranched alkanes of at least 4 members (excludes halogenated alkanes) is 2. The van der Waals surface area contributed by atoms with Crippen LogP contribution in [0.25, 0.3) is 0 Å². The van der Waals surface area contributed by atoms with Crippen molar-refractivity contribution in [1.82, 2.24) is 0 Å². The Bertz CT molecular complexity index is 127. The summed E-state index contributed by atoms with van der Waals surface area (Å²) in [5.74, 6) is 0.944. The van der Waals surface area contributed by atoms with E-state index in [0.29, 0.717) is 0 Å². The fraction of sp³-hybridized carbons (Fsp3) is 1.00. The van der Waals surface area contributed by atoms with Gasteiger partial charge in [0.15, 0.2) is 0 Å². The van der Waals surface area contributed by atoms with Gasteiger partial charge in [0.05, 0.1) is 0 Å². The molecule has 1 atom stereocenters. The van der Waals surface area contributed by atoms with Gasteiger partial charge in [-0.2, -0.15) is 24.9 Å². The van der Waals surface area contributed by atoms with E-state index in [-0.39, 0.29) is 5.75 Å². The van der Waals surface area contributed by atoms with Crippen LogP contribution in [0.3, 0.4) is 0 Å². The van der Waals surface area contributed by atoms with Gasteiger partial charge in [-0.15, -0.1) is 0 Å². The van der Waals surface area contributed by atoms with E-state index in [4.69, 9.17) is 0 Å². The first-order valence-electron chi connectivity index (χ1n) is 4.27. The molecule has 5 heteroatoms. The molecule has 0 aliphatic heterocycles. The molecule has 0 rings (SSSR count).